The Bertz CT molecular complexity index is 1440. The number of nitrogens with two attached hydrogens (primary N) is 1. The van der Waals surface area contributed by atoms with Crippen molar-refractivity contribution in [3.05, 3.63) is 89.9 Å². The molecule has 0 spiro atoms. The number of nitrogen functional groups attached to an aromatic ring is 1. The SMILES string of the molecule is Cc1ccc(COc2cc(F)cc(Oc3ccc(Nc4c(N)ncnc4C(=N)C4CCOCC4)cc3)c2)cn1. The van der Waals surface area contributed by atoms with Crippen LogP contribution in [0.4, 0.5) is 21.6 Å². The van der Waals surface area contributed by atoms with E-state index in [1.54, 1.807) is 36.5 Å². The molecule has 1 saturated heterocycles. The molecular formula is C29H29FN6O3. The topological polar surface area (TPSA) is 128 Å². The van der Waals surface area contributed by atoms with Crippen molar-refractivity contribution in [3.8, 4) is 17.2 Å². The summed E-state index contributed by atoms with van der Waals surface area (Å²) < 4.78 is 31.3. The van der Waals surface area contributed by atoms with Gasteiger partial charge >= 0.3 is 0 Å². The summed E-state index contributed by atoms with van der Waals surface area (Å²) in [6.07, 6.45) is 4.64. The molecule has 1 aliphatic rings. The quantitative estimate of drug-likeness (QED) is 0.232. The zero-order valence-electron chi connectivity index (χ0n) is 21.5. The van der Waals surface area contributed by atoms with E-state index < -0.39 is 5.82 Å². The Morgan fingerprint density at radius 1 is 1.03 bits per heavy atom. The van der Waals surface area contributed by atoms with Crippen LogP contribution >= 0.6 is 0 Å². The van der Waals surface area contributed by atoms with Gasteiger partial charge in [-0.05, 0) is 50.1 Å². The normalized spacial score (nSPS) is 13.6. The van der Waals surface area contributed by atoms with Crippen LogP contribution in [0.5, 0.6) is 17.2 Å². The van der Waals surface area contributed by atoms with Gasteiger partial charge in [-0.3, -0.25) is 4.98 Å². The van der Waals surface area contributed by atoms with Crippen LogP contribution in [0.2, 0.25) is 0 Å². The molecular weight excluding hydrogens is 499 g/mol. The number of nitrogens with zero attached hydrogens (tertiary/aromatic N) is 3. The number of halogens is 1. The molecule has 0 unspecified atom stereocenters. The summed E-state index contributed by atoms with van der Waals surface area (Å²) in [5.41, 5.74) is 10.0. The van der Waals surface area contributed by atoms with Gasteiger partial charge in [-0.1, -0.05) is 6.07 Å². The van der Waals surface area contributed by atoms with Crippen molar-refractivity contribution in [2.24, 2.45) is 5.92 Å². The lowest BCUT2D eigenvalue weighted by atomic mass is 9.92. The standard InChI is InChI=1S/C29H29FN6O3/c1-18-2-3-19(15-33-18)16-38-24-12-21(30)13-25(14-24)39-23-6-4-22(5-7-23)36-28-27(34-17-35-29(28)32)26(31)20-8-10-37-11-9-20/h2-7,12-15,17,20,31,36H,8-11,16H2,1H3,(H2,32,34,35). The number of pyridine rings is 1. The first kappa shape index (κ1) is 26.1. The summed E-state index contributed by atoms with van der Waals surface area (Å²) in [6.45, 7) is 3.42. The molecule has 0 bridgehead atoms. The lowest BCUT2D eigenvalue weighted by molar-refractivity contribution is 0.0827. The van der Waals surface area contributed by atoms with Crippen molar-refractivity contribution in [2.45, 2.75) is 26.4 Å². The number of ether oxygens (including phenoxy) is 3. The molecule has 0 atom stereocenters. The first-order valence-electron chi connectivity index (χ1n) is 12.6. The van der Waals surface area contributed by atoms with Crippen molar-refractivity contribution in [1.29, 1.82) is 5.41 Å². The van der Waals surface area contributed by atoms with Gasteiger partial charge in [0.15, 0.2) is 5.82 Å². The molecule has 4 N–H and O–H groups in total. The minimum atomic E-state index is -0.470. The Hall–Kier alpha value is -4.57. The zero-order valence-corrected chi connectivity index (χ0v) is 21.5. The van der Waals surface area contributed by atoms with Gasteiger partial charge in [0.25, 0.3) is 0 Å². The van der Waals surface area contributed by atoms with E-state index in [0.29, 0.717) is 53.2 Å². The fourth-order valence-corrected chi connectivity index (χ4v) is 4.22. The highest BCUT2D eigenvalue weighted by molar-refractivity contribution is 6.05. The zero-order chi connectivity index (χ0) is 27.2. The number of aromatic nitrogens is 3. The molecule has 1 fully saturated rings. The molecule has 5 rings (SSSR count). The number of anilines is 3. The first-order valence-corrected chi connectivity index (χ1v) is 12.6. The number of nitrogens with one attached hydrogen (secondary N) is 2. The van der Waals surface area contributed by atoms with Gasteiger partial charge in [0.05, 0.1) is 5.71 Å². The molecule has 0 saturated carbocycles. The molecule has 4 aromatic rings. The van der Waals surface area contributed by atoms with Crippen LogP contribution in [0.15, 0.2) is 67.1 Å². The van der Waals surface area contributed by atoms with Crippen molar-refractivity contribution >= 4 is 22.9 Å². The molecule has 2 aromatic carbocycles. The third kappa shape index (κ3) is 6.66. The van der Waals surface area contributed by atoms with Gasteiger partial charge in [-0.2, -0.15) is 0 Å². The molecule has 10 heteroatoms. The summed E-state index contributed by atoms with van der Waals surface area (Å²) >= 11 is 0. The average Bonchev–Trinajstić information content (AvgIpc) is 2.95. The molecule has 0 aliphatic carbocycles. The van der Waals surface area contributed by atoms with Crippen LogP contribution in [0.25, 0.3) is 0 Å². The summed E-state index contributed by atoms with van der Waals surface area (Å²) in [4.78, 5) is 12.7. The van der Waals surface area contributed by atoms with E-state index in [0.717, 1.165) is 24.1 Å². The van der Waals surface area contributed by atoms with Gasteiger partial charge in [0, 0.05) is 60.5 Å². The number of benzene rings is 2. The van der Waals surface area contributed by atoms with E-state index in [2.05, 4.69) is 20.3 Å². The summed E-state index contributed by atoms with van der Waals surface area (Å²) in [5, 5.41) is 11.9. The van der Waals surface area contributed by atoms with Gasteiger partial charge in [-0.15, -0.1) is 0 Å². The third-order valence-corrected chi connectivity index (χ3v) is 6.34. The Morgan fingerprint density at radius 2 is 1.79 bits per heavy atom. The first-order chi connectivity index (χ1) is 18.9. The van der Waals surface area contributed by atoms with Crippen LogP contribution in [0, 0.1) is 24.1 Å². The van der Waals surface area contributed by atoms with E-state index >= 15 is 0 Å². The molecule has 200 valence electrons. The maximum absolute atomic E-state index is 14.3. The van der Waals surface area contributed by atoms with Crippen LogP contribution in [0.1, 0.15) is 29.8 Å². The van der Waals surface area contributed by atoms with Crippen molar-refractivity contribution in [2.75, 3.05) is 24.3 Å². The monoisotopic (exact) mass is 528 g/mol. The molecule has 0 radical (unpaired) electrons. The van der Waals surface area contributed by atoms with E-state index in [9.17, 15) is 4.39 Å². The Balaban J connectivity index is 1.26. The predicted molar refractivity (Wildman–Crippen MR) is 146 cm³/mol. The van der Waals surface area contributed by atoms with Crippen molar-refractivity contribution in [3.63, 3.8) is 0 Å². The highest BCUT2D eigenvalue weighted by atomic mass is 19.1. The fourth-order valence-electron chi connectivity index (χ4n) is 4.22. The van der Waals surface area contributed by atoms with Gasteiger partial charge in [0.1, 0.15) is 47.4 Å². The second-order valence-electron chi connectivity index (χ2n) is 9.25. The minimum absolute atomic E-state index is 0.0538. The second-order valence-corrected chi connectivity index (χ2v) is 9.25. The maximum atomic E-state index is 14.3. The van der Waals surface area contributed by atoms with Gasteiger partial charge in [0.2, 0.25) is 0 Å². The third-order valence-electron chi connectivity index (χ3n) is 6.34. The number of aryl methyl sites for hydroxylation is 1. The highest BCUT2D eigenvalue weighted by Crippen LogP contribution is 2.31. The highest BCUT2D eigenvalue weighted by Gasteiger charge is 2.24. The van der Waals surface area contributed by atoms with E-state index in [1.165, 1.54) is 18.5 Å². The number of rotatable bonds is 9. The number of hydrogen-bond acceptors (Lipinski definition) is 9. The van der Waals surface area contributed by atoms with Crippen molar-refractivity contribution < 1.29 is 18.6 Å². The lowest BCUT2D eigenvalue weighted by Gasteiger charge is -2.24. The molecule has 2 aromatic heterocycles. The van der Waals surface area contributed by atoms with Gasteiger partial charge < -0.3 is 30.7 Å². The average molecular weight is 529 g/mol. The Morgan fingerprint density at radius 3 is 2.54 bits per heavy atom. The molecule has 9 nitrogen and oxygen atoms in total. The van der Waals surface area contributed by atoms with Crippen LogP contribution in [0.3, 0.4) is 0 Å². The van der Waals surface area contributed by atoms with E-state index in [4.69, 9.17) is 25.4 Å². The maximum Gasteiger partial charge on any atom is 0.151 e. The Kier molecular flexibility index (Phi) is 7.93. The second kappa shape index (κ2) is 11.9. The largest absolute Gasteiger partial charge is 0.489 e. The predicted octanol–water partition coefficient (Wildman–Crippen LogP) is 5.81. The Labute approximate surface area is 225 Å². The van der Waals surface area contributed by atoms with Crippen molar-refractivity contribution in [1.82, 2.24) is 15.0 Å². The summed E-state index contributed by atoms with van der Waals surface area (Å²) in [5.74, 6) is 1.00. The van der Waals surface area contributed by atoms with Crippen LogP contribution in [-0.4, -0.2) is 33.9 Å². The van der Waals surface area contributed by atoms with Crippen LogP contribution < -0.4 is 20.5 Å². The smallest absolute Gasteiger partial charge is 0.151 e. The number of hydrogen-bond donors (Lipinski definition) is 3. The fraction of sp³-hybridized carbons (Fsp3) is 0.241. The molecule has 1 aliphatic heterocycles. The molecule has 0 amide bonds. The minimum Gasteiger partial charge on any atom is -0.489 e. The van der Waals surface area contributed by atoms with Crippen LogP contribution in [-0.2, 0) is 11.3 Å². The van der Waals surface area contributed by atoms with E-state index in [-0.39, 0.29) is 18.3 Å². The summed E-state index contributed by atoms with van der Waals surface area (Å²) in [6, 6.07) is 15.1. The molecule has 39 heavy (non-hydrogen) atoms. The lowest BCUT2D eigenvalue weighted by Crippen LogP contribution is -2.25. The molecule has 3 heterocycles. The summed E-state index contributed by atoms with van der Waals surface area (Å²) in [7, 11) is 0. The van der Waals surface area contributed by atoms with Gasteiger partial charge in [-0.25, -0.2) is 14.4 Å². The van der Waals surface area contributed by atoms with E-state index in [1.807, 2.05) is 19.1 Å².